The van der Waals surface area contributed by atoms with Gasteiger partial charge in [-0.05, 0) is 45.3 Å². The second kappa shape index (κ2) is 7.25. The Kier molecular flexibility index (Phi) is 5.59. The van der Waals surface area contributed by atoms with Gasteiger partial charge in [0, 0.05) is 12.0 Å². The fourth-order valence-corrected chi connectivity index (χ4v) is 3.07. The first-order valence-electron chi connectivity index (χ1n) is 8.12. The zero-order valence-electron chi connectivity index (χ0n) is 13.9. The lowest BCUT2D eigenvalue weighted by atomic mass is 9.79. The number of nitrogens with one attached hydrogen (secondary N) is 1. The molecule has 2 rings (SSSR count). The quantitative estimate of drug-likeness (QED) is 0.843. The van der Waals surface area contributed by atoms with Gasteiger partial charge in [-0.25, -0.2) is 0 Å². The highest BCUT2D eigenvalue weighted by Gasteiger charge is 2.33. The van der Waals surface area contributed by atoms with Crippen LogP contribution in [-0.2, 0) is 11.2 Å². The molecule has 2 N–H and O–H groups in total. The molecule has 1 fully saturated rings. The molecular formula is C18H28N2O2. The van der Waals surface area contributed by atoms with E-state index in [1.807, 2.05) is 32.2 Å². The molecule has 1 saturated heterocycles. The van der Waals surface area contributed by atoms with Crippen molar-refractivity contribution in [1.82, 2.24) is 10.2 Å². The summed E-state index contributed by atoms with van der Waals surface area (Å²) in [7, 11) is 2.00. The Bertz CT molecular complexity index is 489. The van der Waals surface area contributed by atoms with Gasteiger partial charge in [0.15, 0.2) is 0 Å². The third kappa shape index (κ3) is 4.08. The minimum atomic E-state index is -0.491. The Morgan fingerprint density at radius 2 is 2.14 bits per heavy atom. The lowest BCUT2D eigenvalue weighted by Crippen LogP contribution is -2.48. The van der Waals surface area contributed by atoms with Gasteiger partial charge in [0.2, 0.25) is 5.91 Å². The van der Waals surface area contributed by atoms with E-state index in [9.17, 15) is 9.90 Å². The van der Waals surface area contributed by atoms with Gasteiger partial charge in [-0.3, -0.25) is 9.69 Å². The van der Waals surface area contributed by atoms with E-state index >= 15 is 0 Å². The molecule has 3 unspecified atom stereocenters. The van der Waals surface area contributed by atoms with Gasteiger partial charge in [0.25, 0.3) is 0 Å². The minimum Gasteiger partial charge on any atom is -0.393 e. The Morgan fingerprint density at radius 3 is 2.68 bits per heavy atom. The Morgan fingerprint density at radius 1 is 1.45 bits per heavy atom. The van der Waals surface area contributed by atoms with Crippen molar-refractivity contribution in [1.29, 1.82) is 0 Å². The van der Waals surface area contributed by atoms with Crippen molar-refractivity contribution in [3.8, 4) is 0 Å². The van der Waals surface area contributed by atoms with Crippen molar-refractivity contribution in [2.24, 2.45) is 5.41 Å². The normalized spacial score (nSPS) is 23.0. The van der Waals surface area contributed by atoms with Crippen LogP contribution in [0.1, 0.15) is 32.3 Å². The molecular weight excluding hydrogens is 276 g/mol. The molecule has 0 aromatic heterocycles. The van der Waals surface area contributed by atoms with Crippen molar-refractivity contribution in [3.05, 3.63) is 35.9 Å². The first-order chi connectivity index (χ1) is 10.4. The van der Waals surface area contributed by atoms with Crippen LogP contribution >= 0.6 is 0 Å². The number of aliphatic hydroxyl groups excluding tert-OH is 1. The summed E-state index contributed by atoms with van der Waals surface area (Å²) in [5.41, 5.74) is 0.812. The van der Waals surface area contributed by atoms with Crippen LogP contribution < -0.4 is 5.32 Å². The number of carbonyl (C=O) groups excluding carboxylic acids is 1. The summed E-state index contributed by atoms with van der Waals surface area (Å²) in [6, 6.07) is 10.1. The summed E-state index contributed by atoms with van der Waals surface area (Å²) < 4.78 is 0. The van der Waals surface area contributed by atoms with Gasteiger partial charge in [-0.1, -0.05) is 37.3 Å². The van der Waals surface area contributed by atoms with E-state index in [1.165, 1.54) is 5.56 Å². The van der Waals surface area contributed by atoms with Gasteiger partial charge in [0.1, 0.15) is 0 Å². The molecule has 1 amide bonds. The molecule has 0 aliphatic carbocycles. The molecule has 1 heterocycles. The first kappa shape index (κ1) is 17.0. The van der Waals surface area contributed by atoms with Crippen molar-refractivity contribution < 1.29 is 9.90 Å². The van der Waals surface area contributed by atoms with E-state index in [0.29, 0.717) is 6.54 Å². The predicted octanol–water partition coefficient (Wildman–Crippen LogP) is 1.83. The van der Waals surface area contributed by atoms with Crippen molar-refractivity contribution in [2.75, 3.05) is 20.1 Å². The maximum Gasteiger partial charge on any atom is 0.237 e. The molecule has 122 valence electrons. The summed E-state index contributed by atoms with van der Waals surface area (Å²) in [6.45, 7) is 5.30. The Balaban J connectivity index is 1.97. The summed E-state index contributed by atoms with van der Waals surface area (Å²) in [4.78, 5) is 14.4. The van der Waals surface area contributed by atoms with Crippen LogP contribution in [-0.4, -0.2) is 48.2 Å². The van der Waals surface area contributed by atoms with Gasteiger partial charge in [0.05, 0.1) is 12.1 Å². The number of likely N-dealkylation sites (N-methyl/N-ethyl adjacent to an activating group) is 1. The van der Waals surface area contributed by atoms with Crippen LogP contribution in [0.15, 0.2) is 30.3 Å². The second-order valence-electron chi connectivity index (χ2n) is 6.85. The number of aliphatic hydroxyl groups is 1. The number of hydrogen-bond acceptors (Lipinski definition) is 3. The molecule has 22 heavy (non-hydrogen) atoms. The molecule has 1 aliphatic heterocycles. The number of amides is 1. The summed E-state index contributed by atoms with van der Waals surface area (Å²) in [6.07, 6.45) is 2.25. The zero-order valence-corrected chi connectivity index (χ0v) is 13.9. The zero-order chi connectivity index (χ0) is 16.2. The minimum absolute atomic E-state index is 0.0185. The van der Waals surface area contributed by atoms with Gasteiger partial charge in [-0.2, -0.15) is 0 Å². The van der Waals surface area contributed by atoms with E-state index in [-0.39, 0.29) is 17.4 Å². The molecule has 0 spiro atoms. The highest BCUT2D eigenvalue weighted by molar-refractivity contribution is 5.82. The monoisotopic (exact) mass is 304 g/mol. The maximum atomic E-state index is 12.3. The fourth-order valence-electron chi connectivity index (χ4n) is 3.07. The lowest BCUT2D eigenvalue weighted by molar-refractivity contribution is -0.125. The van der Waals surface area contributed by atoms with Gasteiger partial charge in [-0.15, -0.1) is 0 Å². The third-order valence-corrected chi connectivity index (χ3v) is 4.95. The lowest BCUT2D eigenvalue weighted by Gasteiger charge is -2.34. The average molecular weight is 304 g/mol. The number of carbonyl (C=O) groups is 1. The fraction of sp³-hybridized carbons (Fsp3) is 0.611. The first-order valence-corrected chi connectivity index (χ1v) is 8.12. The molecule has 0 radical (unpaired) electrons. The molecule has 1 aromatic carbocycles. The predicted molar refractivity (Wildman–Crippen MR) is 88.6 cm³/mol. The summed E-state index contributed by atoms with van der Waals surface area (Å²) in [5, 5.41) is 13.3. The van der Waals surface area contributed by atoms with E-state index in [1.54, 1.807) is 6.92 Å². The van der Waals surface area contributed by atoms with E-state index in [2.05, 4.69) is 22.3 Å². The third-order valence-electron chi connectivity index (χ3n) is 4.95. The summed E-state index contributed by atoms with van der Waals surface area (Å²) in [5.74, 6) is 0.0833. The van der Waals surface area contributed by atoms with Crippen molar-refractivity contribution in [2.45, 2.75) is 45.3 Å². The Labute approximate surface area is 133 Å². The standard InChI is InChI=1S/C18H28N2O2/c1-14(21)18(2,12-15-8-5-4-6-9-15)13-19-17(22)16-10-7-11-20(16)3/h4-6,8-9,14,16,21H,7,10-13H2,1-3H3,(H,19,22). The SMILES string of the molecule is CC(O)C(C)(CNC(=O)C1CCCN1C)Cc1ccccc1. The topological polar surface area (TPSA) is 52.6 Å². The van der Waals surface area contributed by atoms with E-state index < -0.39 is 6.10 Å². The van der Waals surface area contributed by atoms with Crippen molar-refractivity contribution in [3.63, 3.8) is 0 Å². The van der Waals surface area contributed by atoms with Gasteiger partial charge >= 0.3 is 0 Å². The van der Waals surface area contributed by atoms with Crippen LogP contribution in [0.25, 0.3) is 0 Å². The average Bonchev–Trinajstić information content (AvgIpc) is 2.92. The number of hydrogen-bond donors (Lipinski definition) is 2. The number of rotatable bonds is 6. The Hall–Kier alpha value is -1.39. The van der Waals surface area contributed by atoms with Crippen LogP contribution in [0.2, 0.25) is 0 Å². The van der Waals surface area contributed by atoms with Gasteiger partial charge < -0.3 is 10.4 Å². The second-order valence-corrected chi connectivity index (χ2v) is 6.85. The largest absolute Gasteiger partial charge is 0.393 e. The number of benzene rings is 1. The maximum absolute atomic E-state index is 12.3. The van der Waals surface area contributed by atoms with E-state index in [0.717, 1.165) is 25.8 Å². The molecule has 0 saturated carbocycles. The van der Waals surface area contributed by atoms with Crippen LogP contribution in [0, 0.1) is 5.41 Å². The summed E-state index contributed by atoms with van der Waals surface area (Å²) >= 11 is 0. The number of nitrogens with zero attached hydrogens (tertiary/aromatic N) is 1. The molecule has 0 bridgehead atoms. The highest BCUT2D eigenvalue weighted by Crippen LogP contribution is 2.26. The molecule has 3 atom stereocenters. The molecule has 4 heteroatoms. The van der Waals surface area contributed by atoms with Crippen molar-refractivity contribution >= 4 is 5.91 Å². The molecule has 1 aromatic rings. The highest BCUT2D eigenvalue weighted by atomic mass is 16.3. The molecule has 1 aliphatic rings. The number of likely N-dealkylation sites (tertiary alicyclic amines) is 1. The molecule has 4 nitrogen and oxygen atoms in total. The smallest absolute Gasteiger partial charge is 0.237 e. The van der Waals surface area contributed by atoms with Crippen LogP contribution in [0.3, 0.4) is 0 Å². The van der Waals surface area contributed by atoms with Crippen LogP contribution in [0.5, 0.6) is 0 Å². The van der Waals surface area contributed by atoms with E-state index in [4.69, 9.17) is 0 Å². The van der Waals surface area contributed by atoms with Crippen LogP contribution in [0.4, 0.5) is 0 Å².